The quantitative estimate of drug-likeness (QED) is 0.778. The number of carbonyl (C=O) groups excluding carboxylic acids is 1. The van der Waals surface area contributed by atoms with Crippen LogP contribution in [0.25, 0.3) is 0 Å². The Morgan fingerprint density at radius 2 is 2.06 bits per heavy atom. The van der Waals surface area contributed by atoms with Gasteiger partial charge in [-0.3, -0.25) is 0 Å². The van der Waals surface area contributed by atoms with Crippen LogP contribution in [0.1, 0.15) is 36.8 Å². The zero-order chi connectivity index (χ0) is 11.4. The maximum absolute atomic E-state index is 11.3. The fraction of sp³-hybridized carbons (Fsp3) is 0.500. The van der Waals surface area contributed by atoms with Crippen molar-refractivity contribution in [2.75, 3.05) is 0 Å². The number of hydrogen-bond acceptors (Lipinski definition) is 1. The van der Waals surface area contributed by atoms with Gasteiger partial charge in [0.1, 0.15) is 0 Å². The summed E-state index contributed by atoms with van der Waals surface area (Å²) in [6.45, 7) is 2.12. The van der Waals surface area contributed by atoms with Crippen molar-refractivity contribution < 1.29 is 4.79 Å². The van der Waals surface area contributed by atoms with Gasteiger partial charge in [-0.05, 0) is 0 Å². The Labute approximate surface area is 104 Å². The summed E-state index contributed by atoms with van der Waals surface area (Å²) in [7, 11) is 0. The second-order valence-electron chi connectivity index (χ2n) is 4.55. The summed E-state index contributed by atoms with van der Waals surface area (Å²) in [5, 5.41) is 1.19. The molecule has 0 saturated heterocycles. The van der Waals surface area contributed by atoms with Crippen LogP contribution in [-0.2, 0) is 10.1 Å². The zero-order valence-electron chi connectivity index (χ0n) is 9.74. The molecule has 1 aromatic carbocycles. The topological polar surface area (TPSA) is 17.1 Å². The third-order valence-electron chi connectivity index (χ3n) is 3.04. The van der Waals surface area contributed by atoms with E-state index in [9.17, 15) is 4.79 Å². The summed E-state index contributed by atoms with van der Waals surface area (Å²) >= 11 is 0.603. The molecule has 0 spiro atoms. The van der Waals surface area contributed by atoms with Crippen LogP contribution in [-0.4, -0.2) is 20.7 Å². The van der Waals surface area contributed by atoms with E-state index in [1.54, 1.807) is 0 Å². The molecule has 1 aromatic rings. The third kappa shape index (κ3) is 3.47. The van der Waals surface area contributed by atoms with Gasteiger partial charge in [-0.15, -0.1) is 0 Å². The molecule has 0 aromatic heterocycles. The van der Waals surface area contributed by atoms with E-state index in [0.29, 0.717) is 25.6 Å². The summed E-state index contributed by atoms with van der Waals surface area (Å²) in [6.07, 6.45) is 4.08. The molecule has 0 N–H and O–H groups in total. The van der Waals surface area contributed by atoms with Crippen LogP contribution in [0.4, 0.5) is 0 Å². The fourth-order valence-corrected chi connectivity index (χ4v) is 4.66. The molecule has 16 heavy (non-hydrogen) atoms. The first kappa shape index (κ1) is 11.9. The molecule has 1 fully saturated rings. The molecule has 2 rings (SSSR count). The minimum absolute atomic E-state index is 0.488. The van der Waals surface area contributed by atoms with E-state index in [0.717, 1.165) is 19.3 Å². The van der Waals surface area contributed by atoms with Gasteiger partial charge in [0.25, 0.3) is 0 Å². The van der Waals surface area contributed by atoms with Crippen LogP contribution >= 0.6 is 0 Å². The van der Waals surface area contributed by atoms with E-state index in [1.165, 1.54) is 22.9 Å². The Bertz CT molecular complexity index is 356. The monoisotopic (exact) mass is 282 g/mol. The number of carbonyl (C=O) groups is 1. The van der Waals surface area contributed by atoms with E-state index in [1.807, 2.05) is 0 Å². The van der Waals surface area contributed by atoms with Gasteiger partial charge in [-0.25, -0.2) is 0 Å². The van der Waals surface area contributed by atoms with Crippen LogP contribution in [0.2, 0.25) is 4.82 Å². The number of Topliss-reactive ketones (excluding diaryl/α,β-unsaturated/α-hetero) is 1. The fourth-order valence-electron chi connectivity index (χ4n) is 2.03. The normalized spacial score (nSPS) is 21.1. The standard InChI is InChI=1S/C14H18OSe/c1-11-5-7-12(8-6-11)10-16-14-4-2-3-13(15)9-14/h5-8,14H,2-4,9-10H2,1H3. The molecular weight excluding hydrogens is 263 g/mol. The number of aryl methyl sites for hydroxylation is 1. The van der Waals surface area contributed by atoms with Crippen molar-refractivity contribution in [3.63, 3.8) is 0 Å². The van der Waals surface area contributed by atoms with Gasteiger partial charge in [0, 0.05) is 0 Å². The summed E-state index contributed by atoms with van der Waals surface area (Å²) in [5.41, 5.74) is 2.76. The molecular formula is C14H18OSe. The van der Waals surface area contributed by atoms with Gasteiger partial charge in [0.05, 0.1) is 0 Å². The first-order valence-corrected chi connectivity index (χ1v) is 8.13. The second kappa shape index (κ2) is 5.65. The number of ketones is 1. The summed E-state index contributed by atoms with van der Waals surface area (Å²) < 4.78 is 0. The van der Waals surface area contributed by atoms with Gasteiger partial charge in [-0.1, -0.05) is 0 Å². The second-order valence-corrected chi connectivity index (χ2v) is 7.26. The predicted molar refractivity (Wildman–Crippen MR) is 67.9 cm³/mol. The number of benzene rings is 1. The molecule has 1 atom stereocenters. The molecule has 1 saturated carbocycles. The predicted octanol–water partition coefficient (Wildman–Crippen LogP) is 3.13. The Morgan fingerprint density at radius 1 is 1.31 bits per heavy atom. The maximum atomic E-state index is 11.3. The molecule has 1 aliphatic rings. The van der Waals surface area contributed by atoms with E-state index < -0.39 is 0 Å². The summed E-state index contributed by atoms with van der Waals surface area (Å²) in [4.78, 5) is 12.0. The Balaban J connectivity index is 1.82. The Kier molecular flexibility index (Phi) is 4.20. The molecule has 0 radical (unpaired) electrons. The Hall–Kier alpha value is -0.591. The van der Waals surface area contributed by atoms with E-state index in [-0.39, 0.29) is 0 Å². The van der Waals surface area contributed by atoms with Crippen LogP contribution in [0, 0.1) is 6.92 Å². The van der Waals surface area contributed by atoms with Crippen LogP contribution in [0.3, 0.4) is 0 Å². The summed E-state index contributed by atoms with van der Waals surface area (Å²) in [6, 6.07) is 8.80. The van der Waals surface area contributed by atoms with E-state index in [4.69, 9.17) is 0 Å². The SMILES string of the molecule is Cc1ccc(C[Se]C2CCCC(=O)C2)cc1. The van der Waals surface area contributed by atoms with Crippen molar-refractivity contribution in [1.82, 2.24) is 0 Å². The molecule has 0 heterocycles. The molecule has 1 aliphatic carbocycles. The van der Waals surface area contributed by atoms with Crippen LogP contribution < -0.4 is 0 Å². The molecule has 0 aliphatic heterocycles. The van der Waals surface area contributed by atoms with Crippen molar-refractivity contribution in [3.8, 4) is 0 Å². The Morgan fingerprint density at radius 3 is 2.75 bits per heavy atom. The van der Waals surface area contributed by atoms with E-state index in [2.05, 4.69) is 31.2 Å². The number of hydrogen-bond donors (Lipinski definition) is 0. The first-order chi connectivity index (χ1) is 7.74. The zero-order valence-corrected chi connectivity index (χ0v) is 11.5. The van der Waals surface area contributed by atoms with Crippen molar-refractivity contribution in [2.45, 2.75) is 42.7 Å². The van der Waals surface area contributed by atoms with Crippen molar-refractivity contribution >= 4 is 20.7 Å². The van der Waals surface area contributed by atoms with Gasteiger partial charge < -0.3 is 0 Å². The van der Waals surface area contributed by atoms with Crippen molar-refractivity contribution in [1.29, 1.82) is 0 Å². The van der Waals surface area contributed by atoms with Crippen molar-refractivity contribution in [2.24, 2.45) is 0 Å². The van der Waals surface area contributed by atoms with Gasteiger partial charge >= 0.3 is 104 Å². The van der Waals surface area contributed by atoms with Gasteiger partial charge in [0.15, 0.2) is 0 Å². The van der Waals surface area contributed by atoms with E-state index >= 15 is 0 Å². The third-order valence-corrected chi connectivity index (χ3v) is 5.93. The minimum atomic E-state index is 0.488. The first-order valence-electron chi connectivity index (χ1n) is 5.93. The molecule has 0 bridgehead atoms. The van der Waals surface area contributed by atoms with Crippen molar-refractivity contribution in [3.05, 3.63) is 35.4 Å². The molecule has 1 unspecified atom stereocenters. The summed E-state index contributed by atoms with van der Waals surface area (Å²) in [5.74, 6) is 0.488. The average molecular weight is 281 g/mol. The number of rotatable bonds is 3. The average Bonchev–Trinajstić information content (AvgIpc) is 2.28. The van der Waals surface area contributed by atoms with Crippen LogP contribution in [0.5, 0.6) is 0 Å². The van der Waals surface area contributed by atoms with Gasteiger partial charge in [-0.2, -0.15) is 0 Å². The van der Waals surface area contributed by atoms with Crippen LogP contribution in [0.15, 0.2) is 24.3 Å². The van der Waals surface area contributed by atoms with Gasteiger partial charge in [0.2, 0.25) is 0 Å². The molecule has 0 amide bonds. The molecule has 86 valence electrons. The molecule has 2 heteroatoms. The molecule has 1 nitrogen and oxygen atoms in total.